The molecule has 0 aliphatic carbocycles. The Labute approximate surface area is 177 Å². The lowest BCUT2D eigenvalue weighted by molar-refractivity contribution is 0.122. The van der Waals surface area contributed by atoms with E-state index in [0.717, 1.165) is 87.9 Å². The standard InChI is InChI=1S/C22H30N6O2/c1-26-8-6-23-22(26)20(29)16-3-2-7-28(14-16)21-18-5-4-17(13-19(18)24-15-25-21)27-9-11-30-12-10-27/h4-5,13,15-16,20,29H,2-3,6-12,14H2,1H3. The van der Waals surface area contributed by atoms with Crippen molar-refractivity contribution in [2.75, 3.05) is 69.3 Å². The van der Waals surface area contributed by atoms with Crippen molar-refractivity contribution in [1.29, 1.82) is 0 Å². The maximum Gasteiger partial charge on any atom is 0.139 e. The number of fused-ring (bicyclic) bond motifs is 1. The normalized spacial score (nSPS) is 23.7. The van der Waals surface area contributed by atoms with Crippen molar-refractivity contribution < 1.29 is 9.84 Å². The molecule has 3 aliphatic heterocycles. The zero-order chi connectivity index (χ0) is 20.5. The third-order valence-corrected chi connectivity index (χ3v) is 6.54. The number of aliphatic hydroxyl groups is 1. The molecule has 1 aromatic carbocycles. The number of rotatable bonds is 4. The van der Waals surface area contributed by atoms with Crippen LogP contribution in [0.1, 0.15) is 12.8 Å². The topological polar surface area (TPSA) is 77.3 Å². The molecule has 0 amide bonds. The third kappa shape index (κ3) is 3.70. The first-order chi connectivity index (χ1) is 14.7. The summed E-state index contributed by atoms with van der Waals surface area (Å²) in [6.07, 6.45) is 3.20. The Hall–Kier alpha value is -2.45. The number of aromatic nitrogens is 2. The molecule has 4 heterocycles. The van der Waals surface area contributed by atoms with E-state index in [2.05, 4.69) is 47.9 Å². The van der Waals surface area contributed by atoms with Crippen LogP contribution >= 0.6 is 0 Å². The summed E-state index contributed by atoms with van der Waals surface area (Å²) in [6.45, 7) is 6.76. The van der Waals surface area contributed by atoms with E-state index in [1.54, 1.807) is 6.33 Å². The monoisotopic (exact) mass is 410 g/mol. The number of anilines is 2. The molecule has 8 nitrogen and oxygen atoms in total. The van der Waals surface area contributed by atoms with Gasteiger partial charge in [-0.2, -0.15) is 0 Å². The molecule has 0 radical (unpaired) electrons. The fourth-order valence-corrected chi connectivity index (χ4v) is 4.84. The van der Waals surface area contributed by atoms with E-state index < -0.39 is 6.10 Å². The highest BCUT2D eigenvalue weighted by atomic mass is 16.5. The molecule has 2 unspecified atom stereocenters. The molecule has 1 N–H and O–H groups in total. The number of aliphatic hydroxyl groups excluding tert-OH is 1. The molecular weight excluding hydrogens is 380 g/mol. The Morgan fingerprint density at radius 3 is 2.77 bits per heavy atom. The number of hydrogen-bond donors (Lipinski definition) is 1. The first-order valence-electron chi connectivity index (χ1n) is 11.0. The number of amidine groups is 1. The SMILES string of the molecule is CN1CCN=C1C(O)C1CCCN(c2ncnc3cc(N4CCOCC4)ccc23)C1. The molecule has 2 saturated heterocycles. The lowest BCUT2D eigenvalue weighted by Crippen LogP contribution is -2.46. The van der Waals surface area contributed by atoms with Gasteiger partial charge in [0.1, 0.15) is 24.1 Å². The van der Waals surface area contributed by atoms with E-state index >= 15 is 0 Å². The van der Waals surface area contributed by atoms with Gasteiger partial charge in [-0.3, -0.25) is 4.99 Å². The first kappa shape index (κ1) is 19.5. The zero-order valence-corrected chi connectivity index (χ0v) is 17.6. The number of nitrogens with zero attached hydrogens (tertiary/aromatic N) is 6. The smallest absolute Gasteiger partial charge is 0.139 e. The van der Waals surface area contributed by atoms with Crippen molar-refractivity contribution in [2.45, 2.75) is 18.9 Å². The van der Waals surface area contributed by atoms with Crippen molar-refractivity contribution >= 4 is 28.2 Å². The van der Waals surface area contributed by atoms with Crippen LogP contribution in [0.15, 0.2) is 29.5 Å². The number of ether oxygens (including phenoxy) is 1. The summed E-state index contributed by atoms with van der Waals surface area (Å²) in [6, 6.07) is 6.47. The summed E-state index contributed by atoms with van der Waals surface area (Å²) in [7, 11) is 2.01. The minimum Gasteiger partial charge on any atom is -0.385 e. The number of morpholine rings is 1. The molecular formula is C22H30N6O2. The fourth-order valence-electron chi connectivity index (χ4n) is 4.84. The van der Waals surface area contributed by atoms with Crippen LogP contribution in [-0.4, -0.2) is 91.4 Å². The molecule has 0 spiro atoms. The predicted molar refractivity (Wildman–Crippen MR) is 118 cm³/mol. The van der Waals surface area contributed by atoms with Crippen molar-refractivity contribution in [3.8, 4) is 0 Å². The second kappa shape index (κ2) is 8.35. The summed E-state index contributed by atoms with van der Waals surface area (Å²) < 4.78 is 5.47. The van der Waals surface area contributed by atoms with Gasteiger partial charge in [0.2, 0.25) is 0 Å². The van der Waals surface area contributed by atoms with Gasteiger partial charge >= 0.3 is 0 Å². The molecule has 1 aromatic heterocycles. The quantitative estimate of drug-likeness (QED) is 0.816. The largest absolute Gasteiger partial charge is 0.385 e. The Morgan fingerprint density at radius 2 is 1.97 bits per heavy atom. The molecule has 2 aromatic rings. The second-order valence-electron chi connectivity index (χ2n) is 8.45. The van der Waals surface area contributed by atoms with Gasteiger partial charge in [0.15, 0.2) is 0 Å². The number of hydrogen-bond acceptors (Lipinski definition) is 8. The van der Waals surface area contributed by atoms with Crippen molar-refractivity contribution in [2.24, 2.45) is 10.9 Å². The first-order valence-corrected chi connectivity index (χ1v) is 11.0. The molecule has 8 heteroatoms. The molecule has 0 saturated carbocycles. The maximum absolute atomic E-state index is 11.0. The average molecular weight is 411 g/mol. The number of aliphatic imine (C=N–C) groups is 1. The highest BCUT2D eigenvalue weighted by Gasteiger charge is 2.33. The minimum atomic E-state index is -0.513. The number of likely N-dealkylation sites (N-methyl/N-ethyl adjacent to an activating group) is 1. The molecule has 160 valence electrons. The van der Waals surface area contributed by atoms with Gasteiger partial charge in [0, 0.05) is 56.8 Å². The van der Waals surface area contributed by atoms with Gasteiger partial charge < -0.3 is 24.5 Å². The third-order valence-electron chi connectivity index (χ3n) is 6.54. The lowest BCUT2D eigenvalue weighted by atomic mass is 9.91. The van der Waals surface area contributed by atoms with E-state index in [0.29, 0.717) is 0 Å². The van der Waals surface area contributed by atoms with Crippen LogP contribution < -0.4 is 9.80 Å². The molecule has 5 rings (SSSR count). The van der Waals surface area contributed by atoms with Crippen LogP contribution in [0.2, 0.25) is 0 Å². The van der Waals surface area contributed by atoms with Crippen LogP contribution in [0.25, 0.3) is 10.9 Å². The Morgan fingerprint density at radius 1 is 1.10 bits per heavy atom. The number of benzene rings is 1. The summed E-state index contributed by atoms with van der Waals surface area (Å²) in [4.78, 5) is 20.4. The van der Waals surface area contributed by atoms with Crippen LogP contribution in [-0.2, 0) is 4.74 Å². The highest BCUT2D eigenvalue weighted by Crippen LogP contribution is 2.31. The molecule has 0 bridgehead atoms. The second-order valence-corrected chi connectivity index (χ2v) is 8.45. The molecule has 3 aliphatic rings. The number of piperidine rings is 1. The van der Waals surface area contributed by atoms with E-state index in [1.807, 2.05) is 7.05 Å². The Bertz CT molecular complexity index is 929. The summed E-state index contributed by atoms with van der Waals surface area (Å²) >= 11 is 0. The van der Waals surface area contributed by atoms with E-state index in [4.69, 9.17) is 4.74 Å². The average Bonchev–Trinajstić information content (AvgIpc) is 3.24. The molecule has 30 heavy (non-hydrogen) atoms. The zero-order valence-electron chi connectivity index (χ0n) is 17.6. The van der Waals surface area contributed by atoms with Gasteiger partial charge in [-0.15, -0.1) is 0 Å². The van der Waals surface area contributed by atoms with Gasteiger partial charge in [0.25, 0.3) is 0 Å². The minimum absolute atomic E-state index is 0.163. The van der Waals surface area contributed by atoms with Crippen LogP contribution in [0.5, 0.6) is 0 Å². The van der Waals surface area contributed by atoms with Crippen LogP contribution in [0, 0.1) is 5.92 Å². The highest BCUT2D eigenvalue weighted by molar-refractivity contribution is 5.92. The van der Waals surface area contributed by atoms with E-state index in [9.17, 15) is 5.11 Å². The van der Waals surface area contributed by atoms with Gasteiger partial charge in [0.05, 0.1) is 25.3 Å². The van der Waals surface area contributed by atoms with Gasteiger partial charge in [-0.25, -0.2) is 9.97 Å². The van der Waals surface area contributed by atoms with Gasteiger partial charge in [-0.1, -0.05) is 0 Å². The van der Waals surface area contributed by atoms with E-state index in [-0.39, 0.29) is 5.92 Å². The summed E-state index contributed by atoms with van der Waals surface area (Å²) in [5.41, 5.74) is 2.15. The van der Waals surface area contributed by atoms with Crippen molar-refractivity contribution in [1.82, 2.24) is 14.9 Å². The fraction of sp³-hybridized carbons (Fsp3) is 0.591. The van der Waals surface area contributed by atoms with Gasteiger partial charge in [-0.05, 0) is 31.0 Å². The van der Waals surface area contributed by atoms with Crippen molar-refractivity contribution in [3.05, 3.63) is 24.5 Å². The maximum atomic E-state index is 11.0. The predicted octanol–water partition coefficient (Wildman–Crippen LogP) is 1.39. The van der Waals surface area contributed by atoms with E-state index in [1.165, 1.54) is 5.69 Å². The molecule has 2 atom stereocenters. The summed E-state index contributed by atoms with van der Waals surface area (Å²) in [5.74, 6) is 1.97. The van der Waals surface area contributed by atoms with Crippen LogP contribution in [0.3, 0.4) is 0 Å². The molecule has 2 fully saturated rings. The summed E-state index contributed by atoms with van der Waals surface area (Å²) in [5, 5.41) is 12.0. The van der Waals surface area contributed by atoms with Crippen molar-refractivity contribution in [3.63, 3.8) is 0 Å². The lowest BCUT2D eigenvalue weighted by Gasteiger charge is -2.37. The van der Waals surface area contributed by atoms with Crippen LogP contribution in [0.4, 0.5) is 11.5 Å². The Kier molecular flexibility index (Phi) is 5.43. The Balaban J connectivity index is 1.38.